The number of thiophene rings is 1. The van der Waals surface area contributed by atoms with Gasteiger partial charge in [0, 0.05) is 20.2 Å². The van der Waals surface area contributed by atoms with Crippen LogP contribution in [0.25, 0.3) is 20.2 Å². The molecule has 3 aromatic rings. The molecule has 76 valence electrons. The quantitative estimate of drug-likeness (QED) is 0.559. The van der Waals surface area contributed by atoms with Gasteiger partial charge in [-0.2, -0.15) is 5.26 Å². The first-order chi connectivity index (χ1) is 7.78. The van der Waals surface area contributed by atoms with Crippen molar-refractivity contribution in [2.45, 2.75) is 6.92 Å². The van der Waals surface area contributed by atoms with Crippen LogP contribution in [0.2, 0.25) is 0 Å². The minimum absolute atomic E-state index is 0.732. The lowest BCUT2D eigenvalue weighted by Gasteiger charge is -1.93. The maximum Gasteiger partial charge on any atom is 0.0992 e. The summed E-state index contributed by atoms with van der Waals surface area (Å²) >= 11 is 1.75. The third-order valence-corrected chi connectivity index (χ3v) is 3.87. The Hall–Kier alpha value is -1.85. The second-order valence-corrected chi connectivity index (χ2v) is 5.01. The van der Waals surface area contributed by atoms with Crippen molar-refractivity contribution in [3.8, 4) is 6.07 Å². The van der Waals surface area contributed by atoms with Crippen molar-refractivity contribution in [2.24, 2.45) is 0 Å². The highest BCUT2D eigenvalue weighted by molar-refractivity contribution is 7.25. The maximum absolute atomic E-state index is 8.87. The molecule has 0 fully saturated rings. The third kappa shape index (κ3) is 1.30. The molecule has 0 aliphatic heterocycles. The summed E-state index contributed by atoms with van der Waals surface area (Å²) in [6, 6.07) is 14.6. The van der Waals surface area contributed by atoms with Gasteiger partial charge in [-0.15, -0.1) is 11.3 Å². The molecule has 0 aliphatic carbocycles. The molecule has 2 aromatic carbocycles. The first kappa shape index (κ1) is 9.38. The lowest BCUT2D eigenvalue weighted by atomic mass is 10.1. The van der Waals surface area contributed by atoms with Crippen molar-refractivity contribution in [2.75, 3.05) is 0 Å². The van der Waals surface area contributed by atoms with E-state index in [2.05, 4.69) is 31.2 Å². The first-order valence-corrected chi connectivity index (χ1v) is 5.92. The molecule has 1 aromatic heterocycles. The smallest absolute Gasteiger partial charge is 0.0992 e. The van der Waals surface area contributed by atoms with E-state index in [1.807, 2.05) is 18.2 Å². The molecule has 1 heterocycles. The van der Waals surface area contributed by atoms with E-state index in [0.29, 0.717) is 0 Å². The Balaban J connectivity index is 2.46. The fourth-order valence-corrected chi connectivity index (χ4v) is 3.20. The zero-order valence-electron chi connectivity index (χ0n) is 8.82. The van der Waals surface area contributed by atoms with Gasteiger partial charge < -0.3 is 0 Å². The summed E-state index contributed by atoms with van der Waals surface area (Å²) in [5.74, 6) is 0. The van der Waals surface area contributed by atoms with Gasteiger partial charge in [-0.05, 0) is 30.7 Å². The fraction of sp³-hybridized carbons (Fsp3) is 0.0714. The minimum Gasteiger partial charge on any atom is -0.192 e. The van der Waals surface area contributed by atoms with Crippen molar-refractivity contribution in [3.05, 3.63) is 47.5 Å². The summed E-state index contributed by atoms with van der Waals surface area (Å²) in [5, 5.41) is 11.4. The summed E-state index contributed by atoms with van der Waals surface area (Å²) in [4.78, 5) is 0. The first-order valence-electron chi connectivity index (χ1n) is 5.11. The lowest BCUT2D eigenvalue weighted by Crippen LogP contribution is -1.72. The van der Waals surface area contributed by atoms with E-state index in [4.69, 9.17) is 5.26 Å². The second-order valence-electron chi connectivity index (χ2n) is 3.92. The van der Waals surface area contributed by atoms with Crippen molar-refractivity contribution < 1.29 is 0 Å². The highest BCUT2D eigenvalue weighted by Gasteiger charge is 2.05. The van der Waals surface area contributed by atoms with Crippen LogP contribution < -0.4 is 0 Å². The average Bonchev–Trinajstić information content (AvgIpc) is 2.64. The lowest BCUT2D eigenvalue weighted by molar-refractivity contribution is 1.50. The number of aryl methyl sites for hydroxylation is 1. The SMILES string of the molecule is Cc1ccc2c(c1)sc1cc(C#N)ccc12. The third-order valence-electron chi connectivity index (χ3n) is 2.76. The Labute approximate surface area is 97.6 Å². The molecule has 0 saturated carbocycles. The van der Waals surface area contributed by atoms with Crippen LogP contribution >= 0.6 is 11.3 Å². The molecule has 0 spiro atoms. The Kier molecular flexibility index (Phi) is 1.95. The van der Waals surface area contributed by atoms with E-state index in [-0.39, 0.29) is 0 Å². The molecule has 0 bridgehead atoms. The normalized spacial score (nSPS) is 10.8. The molecular formula is C14H9NS. The zero-order chi connectivity index (χ0) is 11.1. The van der Waals surface area contributed by atoms with Crippen LogP contribution in [0.4, 0.5) is 0 Å². The molecule has 0 saturated heterocycles. The number of benzene rings is 2. The molecular weight excluding hydrogens is 214 g/mol. The fourth-order valence-electron chi connectivity index (χ4n) is 1.95. The Morgan fingerprint density at radius 1 is 1.00 bits per heavy atom. The van der Waals surface area contributed by atoms with E-state index in [1.54, 1.807) is 11.3 Å². The van der Waals surface area contributed by atoms with Gasteiger partial charge in [-0.25, -0.2) is 0 Å². The molecule has 0 atom stereocenters. The molecule has 3 rings (SSSR count). The predicted octanol–water partition coefficient (Wildman–Crippen LogP) is 4.23. The number of hydrogen-bond donors (Lipinski definition) is 0. The number of rotatable bonds is 0. The van der Waals surface area contributed by atoms with Crippen molar-refractivity contribution in [1.82, 2.24) is 0 Å². The molecule has 0 unspecified atom stereocenters. The molecule has 0 aliphatic rings. The van der Waals surface area contributed by atoms with Gasteiger partial charge in [0.2, 0.25) is 0 Å². The second kappa shape index (κ2) is 3.33. The highest BCUT2D eigenvalue weighted by Crippen LogP contribution is 2.34. The summed E-state index contributed by atoms with van der Waals surface area (Å²) in [5.41, 5.74) is 2.01. The monoisotopic (exact) mass is 223 g/mol. The van der Waals surface area contributed by atoms with Crippen LogP contribution in [-0.2, 0) is 0 Å². The van der Waals surface area contributed by atoms with E-state index < -0.39 is 0 Å². The highest BCUT2D eigenvalue weighted by atomic mass is 32.1. The van der Waals surface area contributed by atoms with E-state index in [1.165, 1.54) is 25.7 Å². The maximum atomic E-state index is 8.87. The minimum atomic E-state index is 0.732. The molecule has 0 radical (unpaired) electrons. The molecule has 0 N–H and O–H groups in total. The van der Waals surface area contributed by atoms with Gasteiger partial charge in [-0.3, -0.25) is 0 Å². The average molecular weight is 223 g/mol. The van der Waals surface area contributed by atoms with Crippen LogP contribution in [0.3, 0.4) is 0 Å². The van der Waals surface area contributed by atoms with Gasteiger partial charge in [0.15, 0.2) is 0 Å². The number of hydrogen-bond acceptors (Lipinski definition) is 2. The van der Waals surface area contributed by atoms with Crippen molar-refractivity contribution in [1.29, 1.82) is 5.26 Å². The topological polar surface area (TPSA) is 23.8 Å². The Bertz CT molecular complexity index is 731. The molecule has 0 amide bonds. The van der Waals surface area contributed by atoms with Crippen molar-refractivity contribution in [3.63, 3.8) is 0 Å². The largest absolute Gasteiger partial charge is 0.192 e. The Morgan fingerprint density at radius 2 is 1.69 bits per heavy atom. The van der Waals surface area contributed by atoms with Crippen LogP contribution in [-0.4, -0.2) is 0 Å². The van der Waals surface area contributed by atoms with Gasteiger partial charge in [0.05, 0.1) is 11.6 Å². The van der Waals surface area contributed by atoms with Crippen LogP contribution in [0, 0.1) is 18.3 Å². The van der Waals surface area contributed by atoms with Gasteiger partial charge >= 0.3 is 0 Å². The predicted molar refractivity (Wildman–Crippen MR) is 68.8 cm³/mol. The summed E-state index contributed by atoms with van der Waals surface area (Å²) < 4.78 is 2.49. The summed E-state index contributed by atoms with van der Waals surface area (Å²) in [6.07, 6.45) is 0. The molecule has 16 heavy (non-hydrogen) atoms. The van der Waals surface area contributed by atoms with Crippen LogP contribution in [0.15, 0.2) is 36.4 Å². The number of fused-ring (bicyclic) bond motifs is 3. The van der Waals surface area contributed by atoms with Gasteiger partial charge in [0.25, 0.3) is 0 Å². The Morgan fingerprint density at radius 3 is 2.44 bits per heavy atom. The van der Waals surface area contributed by atoms with E-state index in [0.717, 1.165) is 5.56 Å². The summed E-state index contributed by atoms with van der Waals surface area (Å²) in [6.45, 7) is 2.10. The van der Waals surface area contributed by atoms with E-state index in [9.17, 15) is 0 Å². The standard InChI is InChI=1S/C14H9NS/c1-9-2-4-11-12-5-3-10(8-15)7-14(12)16-13(11)6-9/h2-7H,1H3. The van der Waals surface area contributed by atoms with E-state index >= 15 is 0 Å². The zero-order valence-corrected chi connectivity index (χ0v) is 9.64. The van der Waals surface area contributed by atoms with Crippen LogP contribution in [0.1, 0.15) is 11.1 Å². The molecule has 2 heteroatoms. The summed E-state index contributed by atoms with van der Waals surface area (Å²) in [7, 11) is 0. The van der Waals surface area contributed by atoms with Gasteiger partial charge in [0.1, 0.15) is 0 Å². The van der Waals surface area contributed by atoms with Crippen LogP contribution in [0.5, 0.6) is 0 Å². The number of nitriles is 1. The van der Waals surface area contributed by atoms with Gasteiger partial charge in [-0.1, -0.05) is 18.2 Å². The molecule has 1 nitrogen and oxygen atoms in total. The number of nitrogens with zero attached hydrogens (tertiary/aromatic N) is 1. The van der Waals surface area contributed by atoms with Crippen molar-refractivity contribution >= 4 is 31.5 Å².